The SMILES string of the molecule is C=C(CN1C(=N)O[C@H]2[C@H](O)[C@@H](CO)O[C@H]21)C(=O)OCC. The molecule has 2 aliphatic rings. The monoisotopic (exact) mass is 286 g/mol. The molecule has 0 saturated carbocycles. The number of ether oxygens (including phenoxy) is 3. The quantitative estimate of drug-likeness (QED) is 0.430. The summed E-state index contributed by atoms with van der Waals surface area (Å²) in [5.41, 5.74) is 0.159. The van der Waals surface area contributed by atoms with Crippen molar-refractivity contribution in [1.29, 1.82) is 5.41 Å². The number of aliphatic hydroxyl groups is 2. The van der Waals surface area contributed by atoms with Gasteiger partial charge < -0.3 is 24.4 Å². The second-order valence-electron chi connectivity index (χ2n) is 4.58. The van der Waals surface area contributed by atoms with Crippen molar-refractivity contribution in [3.63, 3.8) is 0 Å². The smallest absolute Gasteiger partial charge is 0.335 e. The Morgan fingerprint density at radius 3 is 2.90 bits per heavy atom. The van der Waals surface area contributed by atoms with Crippen LogP contribution >= 0.6 is 0 Å². The van der Waals surface area contributed by atoms with E-state index in [1.807, 2.05) is 0 Å². The summed E-state index contributed by atoms with van der Waals surface area (Å²) in [6, 6.07) is -0.208. The molecule has 8 nitrogen and oxygen atoms in total. The van der Waals surface area contributed by atoms with E-state index in [-0.39, 0.29) is 31.4 Å². The molecule has 0 aromatic heterocycles. The predicted molar refractivity (Wildman–Crippen MR) is 66.8 cm³/mol. The van der Waals surface area contributed by atoms with Gasteiger partial charge in [-0.2, -0.15) is 0 Å². The van der Waals surface area contributed by atoms with Crippen molar-refractivity contribution in [3.8, 4) is 0 Å². The van der Waals surface area contributed by atoms with E-state index in [0.29, 0.717) is 0 Å². The first-order valence-electron chi connectivity index (χ1n) is 6.30. The largest absolute Gasteiger partial charge is 0.463 e. The molecule has 112 valence electrons. The van der Waals surface area contributed by atoms with Gasteiger partial charge >= 0.3 is 5.97 Å². The standard InChI is InChI=1S/C12H18N2O6/c1-3-18-11(17)6(2)4-14-10-9(20-12(14)13)8(16)7(5-15)19-10/h7-10,13,15-16H,2-5H2,1H3/t7-,8-,9+,10-/m1/s1. The van der Waals surface area contributed by atoms with Crippen LogP contribution in [0.3, 0.4) is 0 Å². The Balaban J connectivity index is 2.03. The molecule has 2 saturated heterocycles. The highest BCUT2D eigenvalue weighted by atomic mass is 16.6. The molecule has 0 radical (unpaired) electrons. The van der Waals surface area contributed by atoms with E-state index >= 15 is 0 Å². The van der Waals surface area contributed by atoms with Gasteiger partial charge in [-0.3, -0.25) is 10.3 Å². The zero-order chi connectivity index (χ0) is 14.9. The molecule has 3 N–H and O–H groups in total. The summed E-state index contributed by atoms with van der Waals surface area (Å²) in [6.07, 6.45) is -3.27. The van der Waals surface area contributed by atoms with Crippen LogP contribution in [0.1, 0.15) is 6.92 Å². The van der Waals surface area contributed by atoms with Crippen molar-refractivity contribution in [3.05, 3.63) is 12.2 Å². The van der Waals surface area contributed by atoms with Gasteiger partial charge in [0.2, 0.25) is 0 Å². The normalized spacial score (nSPS) is 31.9. The van der Waals surface area contributed by atoms with E-state index in [1.165, 1.54) is 4.90 Å². The summed E-state index contributed by atoms with van der Waals surface area (Å²) >= 11 is 0. The Labute approximate surface area is 116 Å². The van der Waals surface area contributed by atoms with E-state index in [0.717, 1.165) is 0 Å². The number of hydrogen-bond donors (Lipinski definition) is 3. The van der Waals surface area contributed by atoms with Gasteiger partial charge in [0.05, 0.1) is 19.8 Å². The highest BCUT2D eigenvalue weighted by molar-refractivity contribution is 5.89. The first-order valence-corrected chi connectivity index (χ1v) is 6.30. The summed E-state index contributed by atoms with van der Waals surface area (Å²) in [5, 5.41) is 26.7. The number of carbonyl (C=O) groups excluding carboxylic acids is 1. The number of rotatable bonds is 5. The fourth-order valence-corrected chi connectivity index (χ4v) is 2.22. The topological polar surface area (TPSA) is 112 Å². The second kappa shape index (κ2) is 5.78. The van der Waals surface area contributed by atoms with Crippen LogP contribution in [0.4, 0.5) is 0 Å². The van der Waals surface area contributed by atoms with Crippen LogP contribution in [0.2, 0.25) is 0 Å². The summed E-state index contributed by atoms with van der Waals surface area (Å²) in [4.78, 5) is 12.9. The lowest BCUT2D eigenvalue weighted by atomic mass is 10.1. The van der Waals surface area contributed by atoms with Crippen molar-refractivity contribution in [2.45, 2.75) is 31.5 Å². The number of amidine groups is 1. The number of hydrogen-bond acceptors (Lipinski definition) is 7. The highest BCUT2D eigenvalue weighted by Gasteiger charge is 2.53. The minimum atomic E-state index is -1.02. The molecule has 2 fully saturated rings. The van der Waals surface area contributed by atoms with Crippen molar-refractivity contribution in [2.24, 2.45) is 0 Å². The molecule has 0 aromatic rings. The van der Waals surface area contributed by atoms with Crippen LogP contribution < -0.4 is 0 Å². The minimum Gasteiger partial charge on any atom is -0.463 e. The first-order chi connectivity index (χ1) is 9.49. The zero-order valence-electron chi connectivity index (χ0n) is 11.1. The van der Waals surface area contributed by atoms with Crippen LogP contribution in [0.25, 0.3) is 0 Å². The minimum absolute atomic E-state index is 0.00367. The maximum absolute atomic E-state index is 11.5. The van der Waals surface area contributed by atoms with Gasteiger partial charge in [-0.1, -0.05) is 6.58 Å². The fraction of sp³-hybridized carbons (Fsp3) is 0.667. The molecule has 0 aromatic carbocycles. The van der Waals surface area contributed by atoms with Crippen LogP contribution in [-0.4, -0.2) is 71.4 Å². The Bertz CT molecular complexity index is 426. The van der Waals surface area contributed by atoms with E-state index < -0.39 is 30.5 Å². The fourth-order valence-electron chi connectivity index (χ4n) is 2.22. The molecule has 0 aliphatic carbocycles. The van der Waals surface area contributed by atoms with Gasteiger partial charge in [0.1, 0.15) is 12.2 Å². The van der Waals surface area contributed by atoms with E-state index in [9.17, 15) is 9.90 Å². The van der Waals surface area contributed by atoms with Gasteiger partial charge in [-0.25, -0.2) is 4.79 Å². The molecule has 8 heteroatoms. The lowest BCUT2D eigenvalue weighted by Gasteiger charge is -2.22. The Morgan fingerprint density at radius 1 is 1.60 bits per heavy atom. The number of aliphatic hydroxyl groups excluding tert-OH is 2. The molecule has 20 heavy (non-hydrogen) atoms. The third-order valence-corrected chi connectivity index (χ3v) is 3.23. The average Bonchev–Trinajstić information content (AvgIpc) is 2.88. The number of fused-ring (bicyclic) bond motifs is 1. The van der Waals surface area contributed by atoms with Crippen LogP contribution in [0.5, 0.6) is 0 Å². The number of nitrogens with one attached hydrogen (secondary N) is 1. The maximum atomic E-state index is 11.5. The van der Waals surface area contributed by atoms with Crippen molar-refractivity contribution in [1.82, 2.24) is 4.90 Å². The van der Waals surface area contributed by atoms with E-state index in [2.05, 4.69) is 6.58 Å². The molecular formula is C12H18N2O6. The lowest BCUT2D eigenvalue weighted by molar-refractivity contribution is -0.138. The van der Waals surface area contributed by atoms with Gasteiger partial charge in [-0.15, -0.1) is 0 Å². The molecule has 2 aliphatic heterocycles. The Kier molecular flexibility index (Phi) is 4.26. The molecule has 2 rings (SSSR count). The van der Waals surface area contributed by atoms with Gasteiger partial charge in [0.25, 0.3) is 6.02 Å². The molecule has 2 heterocycles. The third kappa shape index (κ3) is 2.49. The van der Waals surface area contributed by atoms with E-state index in [1.54, 1.807) is 6.92 Å². The zero-order valence-corrected chi connectivity index (χ0v) is 11.1. The summed E-state index contributed by atoms with van der Waals surface area (Å²) < 4.78 is 15.5. The summed E-state index contributed by atoms with van der Waals surface area (Å²) in [5.74, 6) is -0.555. The van der Waals surface area contributed by atoms with Gasteiger partial charge in [-0.05, 0) is 6.92 Å². The molecule has 4 atom stereocenters. The van der Waals surface area contributed by atoms with Crippen molar-refractivity contribution >= 4 is 12.0 Å². The van der Waals surface area contributed by atoms with Crippen LogP contribution in [0, 0.1) is 5.41 Å². The molecule has 0 unspecified atom stereocenters. The first kappa shape index (κ1) is 14.8. The maximum Gasteiger partial charge on any atom is 0.335 e. The third-order valence-electron chi connectivity index (χ3n) is 3.23. The Hall–Kier alpha value is -1.64. The average molecular weight is 286 g/mol. The highest BCUT2D eigenvalue weighted by Crippen LogP contribution is 2.32. The van der Waals surface area contributed by atoms with Gasteiger partial charge in [0, 0.05) is 5.57 Å². The molecule has 0 bridgehead atoms. The van der Waals surface area contributed by atoms with E-state index in [4.69, 9.17) is 24.7 Å². The number of esters is 1. The molecular weight excluding hydrogens is 268 g/mol. The lowest BCUT2D eigenvalue weighted by Crippen LogP contribution is -2.39. The van der Waals surface area contributed by atoms with Gasteiger partial charge in [0.15, 0.2) is 12.3 Å². The summed E-state index contributed by atoms with van der Waals surface area (Å²) in [6.45, 7) is 5.18. The van der Waals surface area contributed by atoms with Crippen LogP contribution in [-0.2, 0) is 19.0 Å². The Morgan fingerprint density at radius 2 is 2.30 bits per heavy atom. The van der Waals surface area contributed by atoms with Crippen molar-refractivity contribution in [2.75, 3.05) is 19.8 Å². The predicted octanol–water partition coefficient (Wildman–Crippen LogP) is -1.18. The molecule has 0 spiro atoms. The number of carbonyl (C=O) groups is 1. The molecule has 0 amide bonds. The second-order valence-corrected chi connectivity index (χ2v) is 4.58. The number of nitrogens with zero attached hydrogens (tertiary/aromatic N) is 1. The summed E-state index contributed by atoms with van der Waals surface area (Å²) in [7, 11) is 0. The van der Waals surface area contributed by atoms with Crippen LogP contribution in [0.15, 0.2) is 12.2 Å². The van der Waals surface area contributed by atoms with Crippen molar-refractivity contribution < 1.29 is 29.2 Å².